The van der Waals surface area contributed by atoms with Gasteiger partial charge >= 0.3 is 5.97 Å². The van der Waals surface area contributed by atoms with Gasteiger partial charge in [-0.2, -0.15) is 4.31 Å². The lowest BCUT2D eigenvalue weighted by molar-refractivity contribution is -0.129. The molecule has 7 nitrogen and oxygen atoms in total. The summed E-state index contributed by atoms with van der Waals surface area (Å²) in [6.45, 7) is 3.95. The Balaban J connectivity index is 1.65. The van der Waals surface area contributed by atoms with Gasteiger partial charge in [0.2, 0.25) is 10.0 Å². The maximum Gasteiger partial charge on any atom is 0.338 e. The third-order valence-corrected chi connectivity index (χ3v) is 7.04. The number of carbonyl (C=O) groups is 2. The van der Waals surface area contributed by atoms with Crippen LogP contribution in [0.5, 0.6) is 0 Å². The molecule has 0 bridgehead atoms. The normalized spacial score (nSPS) is 22.1. The van der Waals surface area contributed by atoms with E-state index < -0.39 is 22.1 Å². The second kappa shape index (κ2) is 7.98. The number of hydrogen-bond donors (Lipinski definition) is 1. The first kappa shape index (κ1) is 19.8. The standard InChI is InChI=1S/C19H26N2O5S/c1-13-5-3-4-12-21(13)27(24,25)17-10-6-15(7-11-17)19(23)26-14(2)18(22)20-16-8-9-16/h6-7,10-11,13-14,16H,3-5,8-9,12H2,1-2H3,(H,20,22). The molecule has 2 unspecified atom stereocenters. The Morgan fingerprint density at radius 1 is 1.15 bits per heavy atom. The summed E-state index contributed by atoms with van der Waals surface area (Å²) >= 11 is 0. The van der Waals surface area contributed by atoms with Crippen LogP contribution < -0.4 is 5.32 Å². The molecular formula is C19H26N2O5S. The summed E-state index contributed by atoms with van der Waals surface area (Å²) in [5.74, 6) is -0.965. The summed E-state index contributed by atoms with van der Waals surface area (Å²) in [5, 5.41) is 2.78. The van der Waals surface area contributed by atoms with Crippen LogP contribution >= 0.6 is 0 Å². The Hall–Kier alpha value is -1.93. The second-order valence-electron chi connectivity index (χ2n) is 7.32. The number of esters is 1. The predicted molar refractivity (Wildman–Crippen MR) is 99.7 cm³/mol. The number of piperidine rings is 1. The maximum atomic E-state index is 12.8. The average molecular weight is 394 g/mol. The minimum Gasteiger partial charge on any atom is -0.449 e. The molecule has 1 aromatic carbocycles. The quantitative estimate of drug-likeness (QED) is 0.746. The predicted octanol–water partition coefficient (Wildman–Crippen LogP) is 2.07. The van der Waals surface area contributed by atoms with Crippen molar-refractivity contribution in [1.29, 1.82) is 0 Å². The fourth-order valence-corrected chi connectivity index (χ4v) is 4.86. The molecule has 1 N–H and O–H groups in total. The highest BCUT2D eigenvalue weighted by molar-refractivity contribution is 7.89. The molecule has 148 valence electrons. The van der Waals surface area contributed by atoms with Crippen LogP contribution in [-0.4, -0.2) is 49.3 Å². The first-order valence-electron chi connectivity index (χ1n) is 9.42. The van der Waals surface area contributed by atoms with Crippen molar-refractivity contribution < 1.29 is 22.7 Å². The third-order valence-electron chi connectivity index (χ3n) is 5.02. The zero-order valence-corrected chi connectivity index (χ0v) is 16.5. The van der Waals surface area contributed by atoms with Crippen LogP contribution in [0.15, 0.2) is 29.2 Å². The van der Waals surface area contributed by atoms with Gasteiger partial charge in [0.25, 0.3) is 5.91 Å². The van der Waals surface area contributed by atoms with E-state index in [1.807, 2.05) is 6.92 Å². The van der Waals surface area contributed by atoms with E-state index in [1.54, 1.807) is 0 Å². The minimum absolute atomic E-state index is 0.0285. The van der Waals surface area contributed by atoms with Crippen LogP contribution in [0.4, 0.5) is 0 Å². The molecule has 2 atom stereocenters. The van der Waals surface area contributed by atoms with Crippen molar-refractivity contribution >= 4 is 21.9 Å². The third kappa shape index (κ3) is 4.68. The molecule has 1 aliphatic heterocycles. The van der Waals surface area contributed by atoms with Crippen LogP contribution in [0.2, 0.25) is 0 Å². The molecule has 0 radical (unpaired) electrons. The second-order valence-corrected chi connectivity index (χ2v) is 9.21. The van der Waals surface area contributed by atoms with Crippen LogP contribution in [0, 0.1) is 0 Å². The van der Waals surface area contributed by atoms with Gasteiger partial charge in [-0.05, 0) is 63.8 Å². The van der Waals surface area contributed by atoms with Crippen molar-refractivity contribution in [2.24, 2.45) is 0 Å². The number of carbonyl (C=O) groups excluding carboxylic acids is 2. The lowest BCUT2D eigenvalue weighted by atomic mass is 10.1. The molecule has 1 amide bonds. The van der Waals surface area contributed by atoms with Crippen LogP contribution in [0.3, 0.4) is 0 Å². The lowest BCUT2D eigenvalue weighted by Gasteiger charge is -2.32. The van der Waals surface area contributed by atoms with Crippen molar-refractivity contribution in [3.05, 3.63) is 29.8 Å². The number of rotatable bonds is 6. The molecule has 2 fully saturated rings. The Morgan fingerprint density at radius 3 is 2.41 bits per heavy atom. The van der Waals surface area contributed by atoms with Crippen LogP contribution in [0.25, 0.3) is 0 Å². The van der Waals surface area contributed by atoms with Crippen LogP contribution in [-0.2, 0) is 19.6 Å². The van der Waals surface area contributed by atoms with E-state index in [4.69, 9.17) is 4.74 Å². The Kier molecular flexibility index (Phi) is 5.86. The smallest absolute Gasteiger partial charge is 0.338 e. The zero-order chi connectivity index (χ0) is 19.6. The van der Waals surface area contributed by atoms with E-state index >= 15 is 0 Å². The topological polar surface area (TPSA) is 92.8 Å². The molecule has 1 aromatic rings. The number of sulfonamides is 1. The number of hydrogen-bond acceptors (Lipinski definition) is 5. The monoisotopic (exact) mass is 394 g/mol. The maximum absolute atomic E-state index is 12.8. The lowest BCUT2D eigenvalue weighted by Crippen LogP contribution is -2.41. The molecule has 27 heavy (non-hydrogen) atoms. The summed E-state index contributed by atoms with van der Waals surface area (Å²) < 4.78 is 32.3. The zero-order valence-electron chi connectivity index (χ0n) is 15.7. The minimum atomic E-state index is -3.58. The van der Waals surface area contributed by atoms with Gasteiger partial charge < -0.3 is 10.1 Å². The van der Waals surface area contributed by atoms with Crippen molar-refractivity contribution in [1.82, 2.24) is 9.62 Å². The number of nitrogens with zero attached hydrogens (tertiary/aromatic N) is 1. The van der Waals surface area contributed by atoms with E-state index in [-0.39, 0.29) is 28.4 Å². The van der Waals surface area contributed by atoms with Crippen molar-refractivity contribution in [3.8, 4) is 0 Å². The van der Waals surface area contributed by atoms with Crippen LogP contribution in [0.1, 0.15) is 56.3 Å². The summed E-state index contributed by atoms with van der Waals surface area (Å²) in [5.41, 5.74) is 0.215. The molecule has 3 rings (SSSR count). The molecule has 1 saturated carbocycles. The molecule has 1 saturated heterocycles. The molecular weight excluding hydrogens is 368 g/mol. The van der Waals surface area contributed by atoms with Gasteiger partial charge in [-0.15, -0.1) is 0 Å². The molecule has 2 aliphatic rings. The van der Waals surface area contributed by atoms with Gasteiger partial charge in [0.05, 0.1) is 10.5 Å². The summed E-state index contributed by atoms with van der Waals surface area (Å²) in [4.78, 5) is 24.3. The summed E-state index contributed by atoms with van der Waals surface area (Å²) in [6, 6.07) is 5.86. The largest absolute Gasteiger partial charge is 0.449 e. The summed E-state index contributed by atoms with van der Waals surface area (Å²) in [6.07, 6.45) is 3.76. The first-order chi connectivity index (χ1) is 12.8. The number of amides is 1. The number of nitrogens with one attached hydrogen (secondary N) is 1. The Labute approximate surface area is 160 Å². The fourth-order valence-electron chi connectivity index (χ4n) is 3.16. The SMILES string of the molecule is CC(OC(=O)c1ccc(S(=O)(=O)N2CCCCC2C)cc1)C(=O)NC1CC1. The van der Waals surface area contributed by atoms with Gasteiger partial charge in [-0.25, -0.2) is 13.2 Å². The van der Waals surface area contributed by atoms with Crippen molar-refractivity contribution in [3.63, 3.8) is 0 Å². The van der Waals surface area contributed by atoms with Crippen molar-refractivity contribution in [2.75, 3.05) is 6.54 Å². The van der Waals surface area contributed by atoms with Gasteiger partial charge in [-0.1, -0.05) is 6.42 Å². The average Bonchev–Trinajstić information content (AvgIpc) is 3.46. The molecule has 1 heterocycles. The van der Waals surface area contributed by atoms with Gasteiger partial charge in [0.15, 0.2) is 6.10 Å². The van der Waals surface area contributed by atoms with E-state index in [0.717, 1.165) is 32.1 Å². The number of ether oxygens (including phenoxy) is 1. The van der Waals surface area contributed by atoms with E-state index in [1.165, 1.54) is 35.5 Å². The molecule has 1 aliphatic carbocycles. The van der Waals surface area contributed by atoms with Gasteiger partial charge in [-0.3, -0.25) is 4.79 Å². The highest BCUT2D eigenvalue weighted by Crippen LogP contribution is 2.25. The van der Waals surface area contributed by atoms with Gasteiger partial charge in [0, 0.05) is 18.6 Å². The Morgan fingerprint density at radius 2 is 1.81 bits per heavy atom. The van der Waals surface area contributed by atoms with E-state index in [0.29, 0.717) is 6.54 Å². The molecule has 0 aromatic heterocycles. The van der Waals surface area contributed by atoms with Crippen molar-refractivity contribution in [2.45, 2.75) is 69.0 Å². The fraction of sp³-hybridized carbons (Fsp3) is 0.579. The highest BCUT2D eigenvalue weighted by Gasteiger charge is 2.31. The number of benzene rings is 1. The first-order valence-corrected chi connectivity index (χ1v) is 10.9. The molecule has 0 spiro atoms. The van der Waals surface area contributed by atoms with E-state index in [9.17, 15) is 18.0 Å². The summed E-state index contributed by atoms with van der Waals surface area (Å²) in [7, 11) is -3.58. The highest BCUT2D eigenvalue weighted by atomic mass is 32.2. The van der Waals surface area contributed by atoms with Gasteiger partial charge in [0.1, 0.15) is 0 Å². The Bertz CT molecular complexity index is 802. The molecule has 8 heteroatoms. The van der Waals surface area contributed by atoms with E-state index in [2.05, 4.69) is 5.32 Å².